The van der Waals surface area contributed by atoms with E-state index in [0.717, 1.165) is 42.9 Å². The molecule has 20 heavy (non-hydrogen) atoms. The normalized spacial score (nSPS) is 20.1. The summed E-state index contributed by atoms with van der Waals surface area (Å²) in [5, 5.41) is 0. The number of ketones is 1. The van der Waals surface area contributed by atoms with Crippen LogP contribution in [-0.2, 0) is 4.74 Å². The summed E-state index contributed by atoms with van der Waals surface area (Å²) in [5.41, 5.74) is 4.30. The van der Waals surface area contributed by atoms with Gasteiger partial charge in [0.25, 0.3) is 0 Å². The van der Waals surface area contributed by atoms with Crippen LogP contribution < -0.4 is 0 Å². The van der Waals surface area contributed by atoms with Gasteiger partial charge < -0.3 is 4.74 Å². The fourth-order valence-electron chi connectivity index (χ4n) is 3.16. The molecule has 1 atom stereocenters. The van der Waals surface area contributed by atoms with Gasteiger partial charge in [-0.25, -0.2) is 0 Å². The number of morpholine rings is 1. The van der Waals surface area contributed by atoms with Crippen LogP contribution >= 0.6 is 0 Å². The number of carbonyl (C=O) groups excluding carboxylic acids is 1. The number of aryl methyl sites for hydroxylation is 3. The van der Waals surface area contributed by atoms with E-state index >= 15 is 0 Å². The van der Waals surface area contributed by atoms with Gasteiger partial charge in [-0.1, -0.05) is 24.6 Å². The summed E-state index contributed by atoms with van der Waals surface area (Å²) in [6.45, 7) is 11.1. The first kappa shape index (κ1) is 15.2. The number of rotatable bonds is 4. The Morgan fingerprint density at radius 1 is 1.30 bits per heavy atom. The van der Waals surface area contributed by atoms with Crippen molar-refractivity contribution in [2.24, 2.45) is 0 Å². The second-order valence-electron chi connectivity index (χ2n) is 5.80. The van der Waals surface area contributed by atoms with Crippen molar-refractivity contribution in [1.29, 1.82) is 0 Å². The fraction of sp³-hybridized carbons (Fsp3) is 0.588. The number of Topliss-reactive ketones (excluding diaryl/α,β-unsaturated/α-hetero) is 1. The van der Waals surface area contributed by atoms with E-state index in [-0.39, 0.29) is 5.78 Å². The predicted octanol–water partition coefficient (Wildman–Crippen LogP) is 2.91. The van der Waals surface area contributed by atoms with Gasteiger partial charge in [0.15, 0.2) is 5.78 Å². The quantitative estimate of drug-likeness (QED) is 0.791. The molecule has 0 spiro atoms. The molecule has 0 bridgehead atoms. The number of nitrogens with zero attached hydrogens (tertiary/aromatic N) is 1. The summed E-state index contributed by atoms with van der Waals surface area (Å²) in [4.78, 5) is 14.9. The highest BCUT2D eigenvalue weighted by atomic mass is 16.5. The summed E-state index contributed by atoms with van der Waals surface area (Å²) in [5.74, 6) is 0.236. The maximum absolute atomic E-state index is 12.6. The van der Waals surface area contributed by atoms with E-state index in [0.29, 0.717) is 12.6 Å². The third kappa shape index (κ3) is 3.28. The van der Waals surface area contributed by atoms with E-state index < -0.39 is 0 Å². The highest BCUT2D eigenvalue weighted by Gasteiger charge is 2.24. The molecular formula is C17H25NO2. The molecule has 0 amide bonds. The molecule has 1 aromatic rings. The van der Waals surface area contributed by atoms with Crippen LogP contribution in [0.3, 0.4) is 0 Å². The number of hydrogen-bond donors (Lipinski definition) is 0. The van der Waals surface area contributed by atoms with Crippen molar-refractivity contribution in [1.82, 2.24) is 4.90 Å². The van der Waals surface area contributed by atoms with E-state index in [2.05, 4.69) is 30.9 Å². The average Bonchev–Trinajstić information content (AvgIpc) is 2.38. The molecule has 1 heterocycles. The highest BCUT2D eigenvalue weighted by Crippen LogP contribution is 2.19. The third-order valence-corrected chi connectivity index (χ3v) is 4.12. The molecule has 1 aliphatic heterocycles. The van der Waals surface area contributed by atoms with Gasteiger partial charge in [0.1, 0.15) is 0 Å². The monoisotopic (exact) mass is 275 g/mol. The van der Waals surface area contributed by atoms with Crippen LogP contribution in [0.4, 0.5) is 0 Å². The Labute approximate surface area is 121 Å². The lowest BCUT2D eigenvalue weighted by molar-refractivity contribution is -0.00587. The summed E-state index contributed by atoms with van der Waals surface area (Å²) in [7, 11) is 0. The zero-order chi connectivity index (χ0) is 14.7. The van der Waals surface area contributed by atoms with E-state index in [4.69, 9.17) is 4.74 Å². The van der Waals surface area contributed by atoms with Crippen LogP contribution in [0, 0.1) is 20.8 Å². The molecule has 1 unspecified atom stereocenters. The Balaban J connectivity index is 2.16. The zero-order valence-electron chi connectivity index (χ0n) is 13.0. The third-order valence-electron chi connectivity index (χ3n) is 4.12. The van der Waals surface area contributed by atoms with Crippen LogP contribution in [0.1, 0.15) is 40.4 Å². The topological polar surface area (TPSA) is 29.5 Å². The lowest BCUT2D eigenvalue weighted by atomic mass is 9.96. The minimum Gasteiger partial charge on any atom is -0.378 e. The van der Waals surface area contributed by atoms with Crippen molar-refractivity contribution in [2.75, 3.05) is 26.3 Å². The molecule has 110 valence electrons. The second kappa shape index (κ2) is 6.51. The molecule has 1 saturated heterocycles. The Morgan fingerprint density at radius 2 is 1.95 bits per heavy atom. The molecule has 0 saturated carbocycles. The summed E-state index contributed by atoms with van der Waals surface area (Å²) in [6, 6.07) is 4.56. The first-order valence-electron chi connectivity index (χ1n) is 7.45. The summed E-state index contributed by atoms with van der Waals surface area (Å²) >= 11 is 0. The van der Waals surface area contributed by atoms with E-state index in [1.54, 1.807) is 0 Å². The first-order chi connectivity index (χ1) is 9.52. The van der Waals surface area contributed by atoms with Crippen molar-refractivity contribution >= 4 is 5.78 Å². The zero-order valence-corrected chi connectivity index (χ0v) is 13.0. The molecule has 3 nitrogen and oxygen atoms in total. The van der Waals surface area contributed by atoms with Gasteiger partial charge in [-0.2, -0.15) is 0 Å². The first-order valence-corrected chi connectivity index (χ1v) is 7.45. The number of benzene rings is 1. The Hall–Kier alpha value is -1.19. The van der Waals surface area contributed by atoms with E-state index in [9.17, 15) is 4.79 Å². The van der Waals surface area contributed by atoms with Gasteiger partial charge in [-0.05, 0) is 38.3 Å². The Kier molecular flexibility index (Phi) is 4.95. The van der Waals surface area contributed by atoms with Gasteiger partial charge in [-0.15, -0.1) is 0 Å². The van der Waals surface area contributed by atoms with Gasteiger partial charge in [0, 0.05) is 18.2 Å². The van der Waals surface area contributed by atoms with Crippen LogP contribution in [0.15, 0.2) is 12.1 Å². The highest BCUT2D eigenvalue weighted by molar-refractivity contribution is 6.00. The standard InChI is InChI=1S/C17H25NO2/c1-5-15-11-20-7-6-18(15)10-16(19)17-13(3)8-12(2)9-14(17)4/h8-9,15H,5-7,10-11H2,1-4H3. The molecule has 3 heteroatoms. The van der Waals surface area contributed by atoms with Crippen molar-refractivity contribution in [3.8, 4) is 0 Å². The molecule has 2 rings (SSSR count). The lowest BCUT2D eigenvalue weighted by Gasteiger charge is -2.34. The molecule has 0 N–H and O–H groups in total. The SMILES string of the molecule is CCC1COCCN1CC(=O)c1c(C)cc(C)cc1C. The van der Waals surface area contributed by atoms with Crippen LogP contribution in [0.25, 0.3) is 0 Å². The smallest absolute Gasteiger partial charge is 0.177 e. The van der Waals surface area contributed by atoms with Gasteiger partial charge >= 0.3 is 0 Å². The summed E-state index contributed by atoms with van der Waals surface area (Å²) < 4.78 is 5.50. The maximum atomic E-state index is 12.6. The van der Waals surface area contributed by atoms with Crippen molar-refractivity contribution < 1.29 is 9.53 Å². The van der Waals surface area contributed by atoms with Gasteiger partial charge in [0.05, 0.1) is 19.8 Å². The van der Waals surface area contributed by atoms with Crippen LogP contribution in [-0.4, -0.2) is 43.0 Å². The van der Waals surface area contributed by atoms with Crippen LogP contribution in [0.2, 0.25) is 0 Å². The molecule has 0 radical (unpaired) electrons. The minimum absolute atomic E-state index is 0.236. The van der Waals surface area contributed by atoms with Crippen LogP contribution in [0.5, 0.6) is 0 Å². The molecule has 1 fully saturated rings. The predicted molar refractivity (Wildman–Crippen MR) is 81.5 cm³/mol. The average molecular weight is 275 g/mol. The van der Waals surface area contributed by atoms with Crippen molar-refractivity contribution in [3.05, 3.63) is 34.4 Å². The van der Waals surface area contributed by atoms with E-state index in [1.807, 2.05) is 13.8 Å². The number of carbonyl (C=O) groups is 1. The van der Waals surface area contributed by atoms with E-state index in [1.165, 1.54) is 5.56 Å². The molecule has 1 aromatic carbocycles. The van der Waals surface area contributed by atoms with Gasteiger partial charge in [-0.3, -0.25) is 9.69 Å². The number of ether oxygens (including phenoxy) is 1. The molecule has 0 aromatic heterocycles. The molecular weight excluding hydrogens is 250 g/mol. The Morgan fingerprint density at radius 3 is 2.55 bits per heavy atom. The minimum atomic E-state index is 0.236. The lowest BCUT2D eigenvalue weighted by Crippen LogP contribution is -2.47. The molecule has 1 aliphatic rings. The number of hydrogen-bond acceptors (Lipinski definition) is 3. The van der Waals surface area contributed by atoms with Crippen molar-refractivity contribution in [2.45, 2.75) is 40.2 Å². The largest absolute Gasteiger partial charge is 0.378 e. The van der Waals surface area contributed by atoms with Crippen molar-refractivity contribution in [3.63, 3.8) is 0 Å². The van der Waals surface area contributed by atoms with Gasteiger partial charge in [0.2, 0.25) is 0 Å². The summed E-state index contributed by atoms with van der Waals surface area (Å²) in [6.07, 6.45) is 1.03. The Bertz CT molecular complexity index is 473. The second-order valence-corrected chi connectivity index (χ2v) is 5.80. The maximum Gasteiger partial charge on any atom is 0.177 e. The fourth-order valence-corrected chi connectivity index (χ4v) is 3.16. The molecule has 0 aliphatic carbocycles.